The van der Waals surface area contributed by atoms with Crippen molar-refractivity contribution >= 4 is 5.91 Å². The molecule has 1 amide bonds. The highest BCUT2D eigenvalue weighted by atomic mass is 16.5. The van der Waals surface area contributed by atoms with Crippen molar-refractivity contribution in [2.24, 2.45) is 0 Å². The number of nitrogens with zero attached hydrogens (tertiary/aromatic N) is 2. The molecule has 6 heteroatoms. The molecule has 3 rings (SSSR count). The minimum absolute atomic E-state index is 0.0483. The third-order valence-electron chi connectivity index (χ3n) is 4.68. The van der Waals surface area contributed by atoms with Gasteiger partial charge >= 0.3 is 0 Å². The molecule has 0 unspecified atom stereocenters. The molecule has 1 aliphatic rings. The Hall–Kier alpha value is -2.34. The molecule has 1 N–H and O–H groups in total. The summed E-state index contributed by atoms with van der Waals surface area (Å²) in [4.78, 5) is 14.6. The van der Waals surface area contributed by atoms with Crippen LogP contribution in [-0.2, 0) is 16.1 Å². The molecule has 1 saturated heterocycles. The van der Waals surface area contributed by atoms with Crippen LogP contribution in [0.1, 0.15) is 36.9 Å². The van der Waals surface area contributed by atoms with Crippen LogP contribution in [0.5, 0.6) is 5.75 Å². The van der Waals surface area contributed by atoms with Crippen molar-refractivity contribution in [2.75, 3.05) is 20.2 Å². The highest BCUT2D eigenvalue weighted by Crippen LogP contribution is 2.26. The van der Waals surface area contributed by atoms with Crippen LogP contribution in [0.25, 0.3) is 0 Å². The number of hydrogen-bond donors (Lipinski definition) is 1. The van der Waals surface area contributed by atoms with Gasteiger partial charge in [0, 0.05) is 30.9 Å². The fourth-order valence-corrected chi connectivity index (χ4v) is 3.24. The molecule has 1 aromatic carbocycles. The third kappa shape index (κ3) is 4.39. The van der Waals surface area contributed by atoms with Gasteiger partial charge in [0.2, 0.25) is 0 Å². The number of benzene rings is 1. The molecule has 2 aromatic rings. The minimum atomic E-state index is -0.466. The maximum Gasteiger partial charge on any atom is 0.251 e. The van der Waals surface area contributed by atoms with E-state index in [1.807, 2.05) is 42.2 Å². The average Bonchev–Trinajstić information content (AvgIpc) is 3.20. The molecule has 1 fully saturated rings. The zero-order valence-corrected chi connectivity index (χ0v) is 14.8. The van der Waals surface area contributed by atoms with Crippen molar-refractivity contribution in [3.8, 4) is 5.75 Å². The van der Waals surface area contributed by atoms with Gasteiger partial charge in [0.1, 0.15) is 11.9 Å². The number of methoxy groups -OCH3 is 1. The van der Waals surface area contributed by atoms with E-state index in [1.54, 1.807) is 13.3 Å². The number of ether oxygens (including phenoxy) is 2. The van der Waals surface area contributed by atoms with Crippen molar-refractivity contribution in [3.63, 3.8) is 0 Å². The maximum absolute atomic E-state index is 12.7. The number of carbonyl (C=O) groups excluding carboxylic acids is 1. The number of aromatic nitrogens is 2. The first kappa shape index (κ1) is 17.5. The van der Waals surface area contributed by atoms with Crippen LogP contribution >= 0.6 is 0 Å². The summed E-state index contributed by atoms with van der Waals surface area (Å²) in [5, 5.41) is 7.04. The van der Waals surface area contributed by atoms with Gasteiger partial charge in [-0.25, -0.2) is 0 Å². The normalized spacial score (nSPS) is 18.8. The molecule has 2 heterocycles. The predicted molar refractivity (Wildman–Crippen MR) is 94.4 cm³/mol. The van der Waals surface area contributed by atoms with Crippen LogP contribution in [0.3, 0.4) is 0 Å². The molecular weight excluding hydrogens is 318 g/mol. The molecule has 134 valence electrons. The summed E-state index contributed by atoms with van der Waals surface area (Å²) in [5.74, 6) is 1.16. The number of likely N-dealkylation sites (tertiary alicyclic amines) is 1. The summed E-state index contributed by atoms with van der Waals surface area (Å²) < 4.78 is 11.0. The number of hydrogen-bond acceptors (Lipinski definition) is 4. The van der Waals surface area contributed by atoms with E-state index in [0.29, 0.717) is 19.1 Å². The molecule has 0 aliphatic carbocycles. The van der Waals surface area contributed by atoms with E-state index in [2.05, 4.69) is 10.2 Å². The molecule has 1 aliphatic heterocycles. The summed E-state index contributed by atoms with van der Waals surface area (Å²) in [6, 6.07) is 9.69. The van der Waals surface area contributed by atoms with Crippen molar-refractivity contribution in [1.82, 2.24) is 15.1 Å². The molecule has 0 bridgehead atoms. The van der Waals surface area contributed by atoms with E-state index in [0.717, 1.165) is 36.4 Å². The number of aromatic amines is 1. The van der Waals surface area contributed by atoms with Gasteiger partial charge in [-0.05, 0) is 43.5 Å². The number of amides is 1. The van der Waals surface area contributed by atoms with E-state index in [4.69, 9.17) is 9.47 Å². The molecular formula is C19H25N3O3. The van der Waals surface area contributed by atoms with Crippen LogP contribution < -0.4 is 4.74 Å². The Morgan fingerprint density at radius 1 is 1.44 bits per heavy atom. The summed E-state index contributed by atoms with van der Waals surface area (Å²) in [6.07, 6.45) is 3.37. The lowest BCUT2D eigenvalue weighted by atomic mass is 9.94. The van der Waals surface area contributed by atoms with Gasteiger partial charge < -0.3 is 14.4 Å². The van der Waals surface area contributed by atoms with Gasteiger partial charge in [-0.3, -0.25) is 9.89 Å². The number of carbonyl (C=O) groups is 1. The molecule has 6 nitrogen and oxygen atoms in total. The van der Waals surface area contributed by atoms with E-state index < -0.39 is 6.10 Å². The predicted octanol–water partition coefficient (Wildman–Crippen LogP) is 2.73. The Morgan fingerprint density at radius 3 is 3.08 bits per heavy atom. The summed E-state index contributed by atoms with van der Waals surface area (Å²) in [6.45, 7) is 3.72. The highest BCUT2D eigenvalue weighted by molar-refractivity contribution is 5.80. The monoisotopic (exact) mass is 343 g/mol. The highest BCUT2D eigenvalue weighted by Gasteiger charge is 2.28. The third-order valence-corrected chi connectivity index (χ3v) is 4.68. The molecule has 0 spiro atoms. The number of H-pyrrole nitrogens is 1. The fourth-order valence-electron chi connectivity index (χ4n) is 3.24. The lowest BCUT2D eigenvalue weighted by Crippen LogP contribution is -2.44. The van der Waals surface area contributed by atoms with Crippen molar-refractivity contribution in [1.29, 1.82) is 0 Å². The Labute approximate surface area is 148 Å². The SMILES string of the molecule is COc1cccc(CO[C@H](C)C(=O)N2CCC[C@H](c3ccn[nH]3)C2)c1. The van der Waals surface area contributed by atoms with Gasteiger partial charge in [0.15, 0.2) is 0 Å². The summed E-state index contributed by atoms with van der Waals surface area (Å²) in [7, 11) is 1.64. The van der Waals surface area contributed by atoms with Gasteiger partial charge in [0.05, 0.1) is 13.7 Å². The Morgan fingerprint density at radius 2 is 2.32 bits per heavy atom. The number of rotatable bonds is 6. The van der Waals surface area contributed by atoms with Crippen LogP contribution in [-0.4, -0.2) is 47.3 Å². The van der Waals surface area contributed by atoms with Crippen molar-refractivity contribution < 1.29 is 14.3 Å². The van der Waals surface area contributed by atoms with Crippen LogP contribution in [0.2, 0.25) is 0 Å². The van der Waals surface area contributed by atoms with Gasteiger partial charge in [-0.15, -0.1) is 0 Å². The van der Waals surface area contributed by atoms with E-state index in [1.165, 1.54) is 0 Å². The summed E-state index contributed by atoms with van der Waals surface area (Å²) >= 11 is 0. The second kappa shape index (κ2) is 8.16. The number of piperidine rings is 1. The van der Waals surface area contributed by atoms with Gasteiger partial charge in [-0.2, -0.15) is 5.10 Å². The average molecular weight is 343 g/mol. The largest absolute Gasteiger partial charge is 0.497 e. The topological polar surface area (TPSA) is 67.5 Å². The lowest BCUT2D eigenvalue weighted by molar-refractivity contribution is -0.144. The van der Waals surface area contributed by atoms with Crippen molar-refractivity contribution in [3.05, 3.63) is 47.8 Å². The van der Waals surface area contributed by atoms with Crippen molar-refractivity contribution in [2.45, 2.75) is 38.4 Å². The molecule has 1 aromatic heterocycles. The first-order valence-corrected chi connectivity index (χ1v) is 8.70. The molecule has 2 atom stereocenters. The number of nitrogens with one attached hydrogen (secondary N) is 1. The van der Waals surface area contributed by atoms with Crippen LogP contribution in [0.15, 0.2) is 36.5 Å². The fraction of sp³-hybridized carbons (Fsp3) is 0.474. The lowest BCUT2D eigenvalue weighted by Gasteiger charge is -2.33. The van der Waals surface area contributed by atoms with E-state index in [9.17, 15) is 4.79 Å². The first-order chi connectivity index (χ1) is 12.2. The van der Waals surface area contributed by atoms with E-state index >= 15 is 0 Å². The maximum atomic E-state index is 12.7. The standard InChI is InChI=1S/C19H25N3O3/c1-14(25-13-15-5-3-7-17(11-15)24-2)19(23)22-10-4-6-16(12-22)18-8-9-20-21-18/h3,5,7-9,11,14,16H,4,6,10,12-13H2,1-2H3,(H,20,21)/t14-,16+/m1/s1. The minimum Gasteiger partial charge on any atom is -0.497 e. The zero-order chi connectivity index (χ0) is 17.6. The Balaban J connectivity index is 1.54. The van der Waals surface area contributed by atoms with Crippen LogP contribution in [0, 0.1) is 0 Å². The second-order valence-corrected chi connectivity index (χ2v) is 6.44. The quantitative estimate of drug-likeness (QED) is 0.876. The molecule has 0 radical (unpaired) electrons. The van der Waals surface area contributed by atoms with Gasteiger partial charge in [0.25, 0.3) is 5.91 Å². The van der Waals surface area contributed by atoms with E-state index in [-0.39, 0.29) is 5.91 Å². The second-order valence-electron chi connectivity index (χ2n) is 6.44. The zero-order valence-electron chi connectivity index (χ0n) is 14.8. The van der Waals surface area contributed by atoms with Crippen LogP contribution in [0.4, 0.5) is 0 Å². The Bertz CT molecular complexity index is 687. The smallest absolute Gasteiger partial charge is 0.251 e. The molecule has 25 heavy (non-hydrogen) atoms. The van der Waals surface area contributed by atoms with Gasteiger partial charge in [-0.1, -0.05) is 12.1 Å². The Kier molecular flexibility index (Phi) is 5.71. The summed E-state index contributed by atoms with van der Waals surface area (Å²) in [5.41, 5.74) is 2.09. The first-order valence-electron chi connectivity index (χ1n) is 8.70. The molecule has 0 saturated carbocycles.